The van der Waals surface area contributed by atoms with Crippen molar-refractivity contribution in [2.75, 3.05) is 20.3 Å². The zero-order chi connectivity index (χ0) is 9.90. The lowest BCUT2D eigenvalue weighted by Gasteiger charge is -2.27. The molecule has 0 spiro atoms. The van der Waals surface area contributed by atoms with Gasteiger partial charge >= 0.3 is 0 Å². The van der Waals surface area contributed by atoms with Gasteiger partial charge in [-0.25, -0.2) is 0 Å². The molecule has 1 heterocycles. The molecule has 3 atom stereocenters. The SMILES string of the molecule is B[C@@H]1O[C@H](C)C[C@@]1(C)OCCOC. The fraction of sp³-hybridized carbons (Fsp3) is 1.00. The minimum atomic E-state index is -0.127. The Morgan fingerprint density at radius 2 is 2.23 bits per heavy atom. The Hall–Kier alpha value is -0.0551. The molecule has 0 unspecified atom stereocenters. The summed E-state index contributed by atoms with van der Waals surface area (Å²) in [5, 5.41) is 0. The standard InChI is InChI=1S/C9H19BO3/c1-7-6-9(2,8(10)13-7)12-5-4-11-3/h7-8H,4-6,10H2,1-3H3/t7-,8-,9-/m1/s1. The van der Waals surface area contributed by atoms with Crippen LogP contribution in [0.2, 0.25) is 0 Å². The maximum atomic E-state index is 5.76. The Bertz CT molecular complexity index is 165. The van der Waals surface area contributed by atoms with E-state index in [0.717, 1.165) is 6.42 Å². The van der Waals surface area contributed by atoms with Crippen molar-refractivity contribution in [3.63, 3.8) is 0 Å². The van der Waals surface area contributed by atoms with Crippen molar-refractivity contribution >= 4 is 7.85 Å². The predicted octanol–water partition coefficient (Wildman–Crippen LogP) is 0.176. The lowest BCUT2D eigenvalue weighted by Crippen LogP contribution is -2.39. The van der Waals surface area contributed by atoms with Gasteiger partial charge in [-0.3, -0.25) is 0 Å². The van der Waals surface area contributed by atoms with Crippen LogP contribution in [0.4, 0.5) is 0 Å². The third-order valence-corrected chi connectivity index (χ3v) is 2.71. The summed E-state index contributed by atoms with van der Waals surface area (Å²) in [6, 6.07) is 0.180. The first-order valence-corrected chi connectivity index (χ1v) is 4.87. The quantitative estimate of drug-likeness (QED) is 0.463. The zero-order valence-electron chi connectivity index (χ0n) is 9.00. The van der Waals surface area contributed by atoms with E-state index in [-0.39, 0.29) is 11.6 Å². The van der Waals surface area contributed by atoms with Crippen LogP contribution in [-0.2, 0) is 14.2 Å². The maximum Gasteiger partial charge on any atom is 0.143 e. The zero-order valence-corrected chi connectivity index (χ0v) is 9.00. The van der Waals surface area contributed by atoms with Crippen molar-refractivity contribution in [2.24, 2.45) is 0 Å². The van der Waals surface area contributed by atoms with E-state index < -0.39 is 0 Å². The van der Waals surface area contributed by atoms with Crippen LogP contribution >= 0.6 is 0 Å². The molecule has 1 aliphatic rings. The van der Waals surface area contributed by atoms with Crippen molar-refractivity contribution < 1.29 is 14.2 Å². The first-order chi connectivity index (χ1) is 6.08. The molecule has 76 valence electrons. The molecule has 0 aromatic heterocycles. The van der Waals surface area contributed by atoms with Crippen LogP contribution in [0.5, 0.6) is 0 Å². The van der Waals surface area contributed by atoms with E-state index in [2.05, 4.69) is 21.7 Å². The van der Waals surface area contributed by atoms with Crippen LogP contribution in [0.1, 0.15) is 20.3 Å². The number of hydrogen-bond acceptors (Lipinski definition) is 3. The van der Waals surface area contributed by atoms with Gasteiger partial charge in [0.2, 0.25) is 0 Å². The van der Waals surface area contributed by atoms with Gasteiger partial charge in [-0.15, -0.1) is 0 Å². The Morgan fingerprint density at radius 1 is 1.54 bits per heavy atom. The Balaban J connectivity index is 2.36. The first kappa shape index (κ1) is 11.0. The maximum absolute atomic E-state index is 5.76. The third-order valence-electron chi connectivity index (χ3n) is 2.71. The molecule has 1 rings (SSSR count). The molecule has 3 nitrogen and oxygen atoms in total. The minimum absolute atomic E-state index is 0.127. The smallest absolute Gasteiger partial charge is 0.143 e. The summed E-state index contributed by atoms with van der Waals surface area (Å²) in [6.45, 7) is 5.49. The molecular formula is C9H19BO3. The van der Waals surface area contributed by atoms with Crippen LogP contribution < -0.4 is 0 Å². The van der Waals surface area contributed by atoms with Gasteiger partial charge in [-0.2, -0.15) is 0 Å². The van der Waals surface area contributed by atoms with E-state index >= 15 is 0 Å². The number of methoxy groups -OCH3 is 1. The van der Waals surface area contributed by atoms with Gasteiger partial charge in [0.25, 0.3) is 0 Å². The van der Waals surface area contributed by atoms with Crippen LogP contribution in [0.15, 0.2) is 0 Å². The topological polar surface area (TPSA) is 27.7 Å². The van der Waals surface area contributed by atoms with Crippen LogP contribution in [0.3, 0.4) is 0 Å². The van der Waals surface area contributed by atoms with Crippen molar-refractivity contribution in [3.05, 3.63) is 0 Å². The summed E-state index contributed by atoms with van der Waals surface area (Å²) in [5.74, 6) is 0. The molecule has 0 radical (unpaired) electrons. The normalized spacial score (nSPS) is 39.6. The summed E-state index contributed by atoms with van der Waals surface area (Å²) in [7, 11) is 3.75. The van der Waals surface area contributed by atoms with E-state index in [9.17, 15) is 0 Å². The number of ether oxygens (including phenoxy) is 3. The largest absolute Gasteiger partial charge is 0.382 e. The average molecular weight is 186 g/mol. The molecule has 0 aromatic rings. The lowest BCUT2D eigenvalue weighted by atomic mass is 9.83. The molecule has 1 saturated heterocycles. The highest BCUT2D eigenvalue weighted by atomic mass is 16.6. The van der Waals surface area contributed by atoms with Crippen molar-refractivity contribution in [1.29, 1.82) is 0 Å². The second-order valence-corrected chi connectivity index (χ2v) is 3.95. The van der Waals surface area contributed by atoms with Crippen LogP contribution in [-0.4, -0.2) is 45.9 Å². The molecule has 0 aromatic carbocycles. The van der Waals surface area contributed by atoms with Gasteiger partial charge in [0, 0.05) is 13.5 Å². The fourth-order valence-corrected chi connectivity index (χ4v) is 1.81. The van der Waals surface area contributed by atoms with Crippen LogP contribution in [0, 0.1) is 0 Å². The Labute approximate surface area is 81.1 Å². The van der Waals surface area contributed by atoms with Gasteiger partial charge in [0.15, 0.2) is 0 Å². The molecule has 0 saturated carbocycles. The van der Waals surface area contributed by atoms with E-state index in [0.29, 0.717) is 19.3 Å². The summed E-state index contributed by atoms with van der Waals surface area (Å²) >= 11 is 0. The Kier molecular flexibility index (Phi) is 3.77. The number of hydrogen-bond donors (Lipinski definition) is 0. The Morgan fingerprint density at radius 3 is 2.69 bits per heavy atom. The summed E-state index contributed by atoms with van der Waals surface area (Å²) in [5.41, 5.74) is -0.127. The predicted molar refractivity (Wildman–Crippen MR) is 53.7 cm³/mol. The summed E-state index contributed by atoms with van der Waals surface area (Å²) in [4.78, 5) is 0. The van der Waals surface area contributed by atoms with Gasteiger partial charge in [-0.05, 0) is 13.8 Å². The van der Waals surface area contributed by atoms with Crippen molar-refractivity contribution in [1.82, 2.24) is 0 Å². The highest BCUT2D eigenvalue weighted by Gasteiger charge is 2.41. The molecule has 0 aliphatic carbocycles. The summed E-state index contributed by atoms with van der Waals surface area (Å²) < 4.78 is 16.3. The lowest BCUT2D eigenvalue weighted by molar-refractivity contribution is -0.0672. The molecule has 1 fully saturated rings. The number of rotatable bonds is 4. The second kappa shape index (κ2) is 4.44. The first-order valence-electron chi connectivity index (χ1n) is 4.87. The monoisotopic (exact) mass is 186 g/mol. The average Bonchev–Trinajstić information content (AvgIpc) is 2.27. The highest BCUT2D eigenvalue weighted by molar-refractivity contribution is 6.12. The molecule has 1 aliphatic heterocycles. The van der Waals surface area contributed by atoms with Crippen molar-refractivity contribution in [3.8, 4) is 0 Å². The van der Waals surface area contributed by atoms with Gasteiger partial charge in [0.05, 0.1) is 30.9 Å². The molecule has 4 heteroatoms. The van der Waals surface area contributed by atoms with Gasteiger partial charge < -0.3 is 14.2 Å². The molecule has 0 amide bonds. The van der Waals surface area contributed by atoms with Crippen LogP contribution in [0.25, 0.3) is 0 Å². The molecule has 13 heavy (non-hydrogen) atoms. The third kappa shape index (κ3) is 2.69. The minimum Gasteiger partial charge on any atom is -0.382 e. The second-order valence-electron chi connectivity index (χ2n) is 3.95. The highest BCUT2D eigenvalue weighted by Crippen LogP contribution is 2.31. The van der Waals surface area contributed by atoms with Gasteiger partial charge in [0.1, 0.15) is 7.85 Å². The van der Waals surface area contributed by atoms with Crippen molar-refractivity contribution in [2.45, 2.75) is 38.0 Å². The van der Waals surface area contributed by atoms with Gasteiger partial charge in [-0.1, -0.05) is 0 Å². The summed E-state index contributed by atoms with van der Waals surface area (Å²) in [6.07, 6.45) is 1.28. The molecule has 0 N–H and O–H groups in total. The molecule has 0 bridgehead atoms. The van der Waals surface area contributed by atoms with E-state index in [4.69, 9.17) is 14.2 Å². The fourth-order valence-electron chi connectivity index (χ4n) is 1.81. The van der Waals surface area contributed by atoms with E-state index in [1.807, 2.05) is 0 Å². The van der Waals surface area contributed by atoms with E-state index in [1.54, 1.807) is 7.11 Å². The molecular weight excluding hydrogens is 167 g/mol. The van der Waals surface area contributed by atoms with E-state index in [1.165, 1.54) is 0 Å².